The van der Waals surface area contributed by atoms with Crippen molar-refractivity contribution in [1.29, 1.82) is 0 Å². The molecule has 4 aromatic rings. The van der Waals surface area contributed by atoms with Crippen LogP contribution in [0.4, 0.5) is 17.5 Å². The van der Waals surface area contributed by atoms with Crippen LogP contribution in [0.15, 0.2) is 95.1 Å². The molecule has 4 rings (SSSR count). The summed E-state index contributed by atoms with van der Waals surface area (Å²) in [5.41, 5.74) is 8.31. The molecule has 0 spiro atoms. The van der Waals surface area contributed by atoms with E-state index in [0.29, 0.717) is 17.5 Å². The van der Waals surface area contributed by atoms with Crippen molar-refractivity contribution >= 4 is 33.2 Å². The van der Waals surface area contributed by atoms with Gasteiger partial charge in [-0.1, -0.05) is 54.6 Å². The number of aromatic nitrogens is 2. The van der Waals surface area contributed by atoms with E-state index in [9.17, 15) is 8.42 Å². The van der Waals surface area contributed by atoms with Gasteiger partial charge in [0.1, 0.15) is 0 Å². The Kier molecular flexibility index (Phi) is 7.19. The Bertz CT molecular complexity index is 1450. The second-order valence-corrected chi connectivity index (χ2v) is 9.69. The number of para-hydroxylation sites is 1. The van der Waals surface area contributed by atoms with Gasteiger partial charge in [0.15, 0.2) is 5.82 Å². The minimum atomic E-state index is -3.50. The number of nitrogens with zero attached hydrogens (tertiary/aromatic N) is 3. The number of benzene rings is 3. The zero-order valence-electron chi connectivity index (χ0n) is 19.6. The van der Waals surface area contributed by atoms with Crippen LogP contribution in [0.1, 0.15) is 18.1 Å². The number of hydrogen-bond acceptors (Lipinski definition) is 7. The van der Waals surface area contributed by atoms with Crippen LogP contribution in [-0.2, 0) is 10.0 Å². The van der Waals surface area contributed by atoms with Crippen LogP contribution in [-0.4, -0.2) is 31.1 Å². The van der Waals surface area contributed by atoms with Crippen LogP contribution >= 0.6 is 0 Å². The number of nitrogens with one attached hydrogen (secondary N) is 3. The Balaban J connectivity index is 1.66. The number of sulfonamides is 1. The highest BCUT2D eigenvalue weighted by Crippen LogP contribution is 2.30. The molecule has 0 atom stereocenters. The first-order valence-corrected chi connectivity index (χ1v) is 12.4. The van der Waals surface area contributed by atoms with Gasteiger partial charge in [0.05, 0.1) is 10.6 Å². The Labute approximate surface area is 205 Å². The average Bonchev–Trinajstić information content (AvgIpc) is 2.88. The van der Waals surface area contributed by atoms with Gasteiger partial charge < -0.3 is 5.32 Å². The average molecular weight is 487 g/mol. The number of hydrazone groups is 1. The predicted octanol–water partition coefficient (Wildman–Crippen LogP) is 4.94. The van der Waals surface area contributed by atoms with E-state index in [1.807, 2.05) is 68.4 Å². The Morgan fingerprint density at radius 3 is 2.26 bits per heavy atom. The van der Waals surface area contributed by atoms with Crippen LogP contribution < -0.4 is 15.5 Å². The summed E-state index contributed by atoms with van der Waals surface area (Å²) >= 11 is 0. The van der Waals surface area contributed by atoms with E-state index >= 15 is 0 Å². The van der Waals surface area contributed by atoms with E-state index in [4.69, 9.17) is 0 Å². The molecule has 0 saturated heterocycles. The van der Waals surface area contributed by atoms with E-state index in [1.165, 1.54) is 7.05 Å². The van der Waals surface area contributed by atoms with Crippen molar-refractivity contribution in [1.82, 2.24) is 14.7 Å². The maximum Gasteiger partial charge on any atom is 0.240 e. The molecule has 0 amide bonds. The van der Waals surface area contributed by atoms with Gasteiger partial charge in [0, 0.05) is 17.4 Å². The highest BCUT2D eigenvalue weighted by Gasteiger charge is 2.13. The number of aryl methyl sites for hydroxylation is 1. The fourth-order valence-electron chi connectivity index (χ4n) is 3.44. The summed E-state index contributed by atoms with van der Waals surface area (Å²) in [6, 6.07) is 24.2. The summed E-state index contributed by atoms with van der Waals surface area (Å²) in [4.78, 5) is 9.38. The normalized spacial score (nSPS) is 11.8. The molecule has 0 unspecified atom stereocenters. The highest BCUT2D eigenvalue weighted by atomic mass is 32.2. The van der Waals surface area contributed by atoms with Gasteiger partial charge in [-0.15, -0.1) is 0 Å². The van der Waals surface area contributed by atoms with Crippen molar-refractivity contribution in [2.75, 3.05) is 17.8 Å². The first-order valence-electron chi connectivity index (χ1n) is 11.0. The van der Waals surface area contributed by atoms with Gasteiger partial charge in [-0.3, -0.25) is 5.43 Å². The lowest BCUT2D eigenvalue weighted by Gasteiger charge is -2.13. The molecule has 0 radical (unpaired) electrons. The summed E-state index contributed by atoms with van der Waals surface area (Å²) in [5, 5.41) is 7.73. The maximum absolute atomic E-state index is 12.0. The molecule has 0 bridgehead atoms. The quantitative estimate of drug-likeness (QED) is 0.240. The number of hydrogen-bond donors (Lipinski definition) is 3. The standard InChI is InChI=1S/C26H26N6O2S/c1-18-9-7-8-12-23(18)24-17-28-26(29-21-10-5-4-6-11-21)30-25(24)32-31-19(2)20-13-15-22(16-14-20)35(33,34)27-3/h4-17,27H,1-3H3,(H2,28,29,30,32). The highest BCUT2D eigenvalue weighted by molar-refractivity contribution is 7.89. The summed E-state index contributed by atoms with van der Waals surface area (Å²) in [6.45, 7) is 3.87. The number of anilines is 3. The molecule has 0 aliphatic carbocycles. The third kappa shape index (κ3) is 5.71. The van der Waals surface area contributed by atoms with Crippen LogP contribution in [0, 0.1) is 6.92 Å². The summed E-state index contributed by atoms with van der Waals surface area (Å²) in [7, 11) is -2.11. The van der Waals surface area contributed by atoms with Gasteiger partial charge in [-0.05, 0) is 61.9 Å². The minimum Gasteiger partial charge on any atom is -0.324 e. The second-order valence-electron chi connectivity index (χ2n) is 7.80. The monoisotopic (exact) mass is 486 g/mol. The van der Waals surface area contributed by atoms with Crippen LogP contribution in [0.5, 0.6) is 0 Å². The van der Waals surface area contributed by atoms with E-state index in [2.05, 4.69) is 30.5 Å². The predicted molar refractivity (Wildman–Crippen MR) is 140 cm³/mol. The molecular weight excluding hydrogens is 460 g/mol. The van der Waals surface area contributed by atoms with E-state index in [1.54, 1.807) is 30.5 Å². The molecule has 0 saturated carbocycles. The van der Waals surface area contributed by atoms with Gasteiger partial charge in [-0.25, -0.2) is 18.1 Å². The Hall–Kier alpha value is -4.08. The lowest BCUT2D eigenvalue weighted by atomic mass is 10.0. The molecule has 9 heteroatoms. The van der Waals surface area contributed by atoms with Crippen molar-refractivity contribution < 1.29 is 8.42 Å². The molecule has 178 valence electrons. The molecule has 1 heterocycles. The topological polar surface area (TPSA) is 108 Å². The SMILES string of the molecule is CNS(=O)(=O)c1ccc(C(C)=NNc2nc(Nc3ccccc3)ncc2-c2ccccc2C)cc1. The molecule has 0 aliphatic rings. The summed E-state index contributed by atoms with van der Waals surface area (Å²) in [5.74, 6) is 0.979. The van der Waals surface area contributed by atoms with Crippen LogP contribution in [0.2, 0.25) is 0 Å². The summed E-state index contributed by atoms with van der Waals surface area (Å²) in [6.07, 6.45) is 1.77. The van der Waals surface area contributed by atoms with Gasteiger partial charge in [0.25, 0.3) is 0 Å². The Morgan fingerprint density at radius 2 is 1.57 bits per heavy atom. The van der Waals surface area contributed by atoms with Crippen molar-refractivity contribution in [3.05, 3.63) is 96.2 Å². The van der Waals surface area contributed by atoms with Crippen LogP contribution in [0.3, 0.4) is 0 Å². The van der Waals surface area contributed by atoms with E-state index in [-0.39, 0.29) is 4.90 Å². The molecule has 0 fully saturated rings. The smallest absolute Gasteiger partial charge is 0.240 e. The lowest BCUT2D eigenvalue weighted by Crippen LogP contribution is -2.18. The fourth-order valence-corrected chi connectivity index (χ4v) is 4.17. The molecule has 3 aromatic carbocycles. The molecule has 8 nitrogen and oxygen atoms in total. The third-order valence-corrected chi connectivity index (χ3v) is 6.86. The first-order chi connectivity index (χ1) is 16.9. The first kappa shape index (κ1) is 24.1. The van der Waals surface area contributed by atoms with Crippen molar-refractivity contribution in [3.63, 3.8) is 0 Å². The summed E-state index contributed by atoms with van der Waals surface area (Å²) < 4.78 is 26.3. The zero-order chi connectivity index (χ0) is 24.8. The zero-order valence-corrected chi connectivity index (χ0v) is 20.5. The fraction of sp³-hybridized carbons (Fsp3) is 0.115. The van der Waals surface area contributed by atoms with Crippen molar-refractivity contribution in [2.45, 2.75) is 18.7 Å². The van der Waals surface area contributed by atoms with E-state index < -0.39 is 10.0 Å². The van der Waals surface area contributed by atoms with Crippen molar-refractivity contribution in [2.24, 2.45) is 5.10 Å². The molecule has 1 aromatic heterocycles. The molecule has 3 N–H and O–H groups in total. The second kappa shape index (κ2) is 10.5. The largest absolute Gasteiger partial charge is 0.324 e. The van der Waals surface area contributed by atoms with Crippen molar-refractivity contribution in [3.8, 4) is 11.1 Å². The lowest BCUT2D eigenvalue weighted by molar-refractivity contribution is 0.588. The third-order valence-electron chi connectivity index (χ3n) is 5.43. The minimum absolute atomic E-state index is 0.193. The van der Waals surface area contributed by atoms with Gasteiger partial charge >= 0.3 is 0 Å². The maximum atomic E-state index is 12.0. The Morgan fingerprint density at radius 1 is 0.886 bits per heavy atom. The number of rotatable bonds is 8. The van der Waals surface area contributed by atoms with Gasteiger partial charge in [0.2, 0.25) is 16.0 Å². The van der Waals surface area contributed by atoms with Crippen LogP contribution in [0.25, 0.3) is 11.1 Å². The molecule has 0 aliphatic heterocycles. The van der Waals surface area contributed by atoms with Gasteiger partial charge in [-0.2, -0.15) is 10.1 Å². The molecule has 35 heavy (non-hydrogen) atoms. The van der Waals surface area contributed by atoms with E-state index in [0.717, 1.165) is 27.9 Å². The molecular formula is C26H26N6O2S.